The van der Waals surface area contributed by atoms with Crippen LogP contribution in [0.2, 0.25) is 0 Å². The molecule has 0 aliphatic heterocycles. The molecule has 3 rings (SSSR count). The van der Waals surface area contributed by atoms with Gasteiger partial charge in [-0.2, -0.15) is 4.31 Å². The van der Waals surface area contributed by atoms with Crippen molar-refractivity contribution < 1.29 is 13.2 Å². The van der Waals surface area contributed by atoms with E-state index in [-0.39, 0.29) is 35.5 Å². The minimum absolute atomic E-state index is 0.151. The molecular weight excluding hydrogens is 416 g/mol. The van der Waals surface area contributed by atoms with Crippen molar-refractivity contribution in [1.29, 1.82) is 0 Å². The second-order valence-electron chi connectivity index (χ2n) is 7.68. The third-order valence-corrected chi connectivity index (χ3v) is 7.23. The SMILES string of the molecule is Cc1cccc2c(=O)n(CC(=O)NCc3ccc(S(=O)(=O)N(C)C(C)C)cc3)cnc12. The lowest BCUT2D eigenvalue weighted by Crippen LogP contribution is -2.33. The number of carbonyl (C=O) groups is 1. The molecule has 1 heterocycles. The molecule has 1 amide bonds. The zero-order chi connectivity index (χ0) is 22.8. The molecule has 0 bridgehead atoms. The molecule has 0 fully saturated rings. The molecular formula is C22H26N4O4S. The maximum Gasteiger partial charge on any atom is 0.261 e. The lowest BCUT2D eigenvalue weighted by atomic mass is 10.1. The van der Waals surface area contributed by atoms with E-state index in [4.69, 9.17) is 0 Å². The predicted octanol–water partition coefficient (Wildman–Crippen LogP) is 2.05. The molecule has 0 atom stereocenters. The molecule has 9 heteroatoms. The Bertz CT molecular complexity index is 1260. The largest absolute Gasteiger partial charge is 0.350 e. The van der Waals surface area contributed by atoms with E-state index in [2.05, 4.69) is 10.3 Å². The van der Waals surface area contributed by atoms with Crippen LogP contribution < -0.4 is 10.9 Å². The monoisotopic (exact) mass is 442 g/mol. The van der Waals surface area contributed by atoms with E-state index in [0.717, 1.165) is 11.1 Å². The van der Waals surface area contributed by atoms with Crippen LogP contribution in [0.1, 0.15) is 25.0 Å². The van der Waals surface area contributed by atoms with Gasteiger partial charge in [-0.25, -0.2) is 13.4 Å². The number of fused-ring (bicyclic) bond motifs is 1. The van der Waals surface area contributed by atoms with Crippen LogP contribution >= 0.6 is 0 Å². The minimum atomic E-state index is -3.55. The molecule has 0 unspecified atom stereocenters. The van der Waals surface area contributed by atoms with Crippen LogP contribution in [0, 0.1) is 6.92 Å². The molecule has 1 aromatic heterocycles. The number of benzene rings is 2. The van der Waals surface area contributed by atoms with Crippen molar-refractivity contribution in [2.75, 3.05) is 7.05 Å². The third kappa shape index (κ3) is 4.83. The van der Waals surface area contributed by atoms with Gasteiger partial charge in [0.15, 0.2) is 0 Å². The molecule has 0 saturated carbocycles. The van der Waals surface area contributed by atoms with E-state index in [1.54, 1.807) is 45.2 Å². The summed E-state index contributed by atoms with van der Waals surface area (Å²) in [5, 5.41) is 3.22. The lowest BCUT2D eigenvalue weighted by Gasteiger charge is -2.21. The number of hydrogen-bond donors (Lipinski definition) is 1. The standard InChI is InChI=1S/C22H26N4O4S/c1-15(2)25(4)31(29,30)18-10-8-17(9-11-18)12-23-20(27)13-26-14-24-21-16(3)6-5-7-19(21)22(26)28/h5-11,14-15H,12-13H2,1-4H3,(H,23,27). The summed E-state index contributed by atoms with van der Waals surface area (Å²) in [7, 11) is -2.01. The molecule has 3 aromatic rings. The highest BCUT2D eigenvalue weighted by atomic mass is 32.2. The Hall–Kier alpha value is -3.04. The fourth-order valence-corrected chi connectivity index (χ4v) is 4.45. The first kappa shape index (κ1) is 22.6. The number of amides is 1. The average Bonchev–Trinajstić information content (AvgIpc) is 2.74. The van der Waals surface area contributed by atoms with Gasteiger partial charge < -0.3 is 5.32 Å². The number of rotatable bonds is 7. The van der Waals surface area contributed by atoms with Crippen LogP contribution in [0.4, 0.5) is 0 Å². The van der Waals surface area contributed by atoms with Gasteiger partial charge in [0, 0.05) is 19.6 Å². The van der Waals surface area contributed by atoms with E-state index < -0.39 is 10.0 Å². The Balaban J connectivity index is 1.66. The summed E-state index contributed by atoms with van der Waals surface area (Å²) in [6, 6.07) is 11.6. The van der Waals surface area contributed by atoms with E-state index in [0.29, 0.717) is 10.9 Å². The number of sulfonamides is 1. The van der Waals surface area contributed by atoms with Crippen LogP contribution in [-0.2, 0) is 27.9 Å². The first-order valence-electron chi connectivity index (χ1n) is 9.89. The zero-order valence-electron chi connectivity index (χ0n) is 18.0. The van der Waals surface area contributed by atoms with Crippen molar-refractivity contribution >= 4 is 26.8 Å². The molecule has 0 saturated heterocycles. The first-order chi connectivity index (χ1) is 14.6. The van der Waals surface area contributed by atoms with Crippen LogP contribution in [0.3, 0.4) is 0 Å². The van der Waals surface area contributed by atoms with E-state index >= 15 is 0 Å². The number of hydrogen-bond acceptors (Lipinski definition) is 5. The minimum Gasteiger partial charge on any atom is -0.350 e. The van der Waals surface area contributed by atoms with Crippen molar-refractivity contribution in [1.82, 2.24) is 19.2 Å². The summed E-state index contributed by atoms with van der Waals surface area (Å²) in [6.45, 7) is 5.55. The van der Waals surface area contributed by atoms with Gasteiger partial charge >= 0.3 is 0 Å². The van der Waals surface area contributed by atoms with E-state index in [1.807, 2.05) is 13.0 Å². The number of aryl methyl sites for hydroxylation is 1. The van der Waals surface area contributed by atoms with Gasteiger partial charge in [-0.15, -0.1) is 0 Å². The molecule has 31 heavy (non-hydrogen) atoms. The van der Waals surface area contributed by atoms with Gasteiger partial charge in [0.1, 0.15) is 6.54 Å². The number of nitrogens with one attached hydrogen (secondary N) is 1. The molecule has 0 radical (unpaired) electrons. The lowest BCUT2D eigenvalue weighted by molar-refractivity contribution is -0.121. The maximum atomic E-state index is 12.6. The molecule has 0 aliphatic rings. The maximum absolute atomic E-state index is 12.6. The van der Waals surface area contributed by atoms with Crippen molar-refractivity contribution in [2.24, 2.45) is 0 Å². The molecule has 0 aliphatic carbocycles. The Kier molecular flexibility index (Phi) is 6.56. The first-order valence-corrected chi connectivity index (χ1v) is 11.3. The number of nitrogens with zero attached hydrogens (tertiary/aromatic N) is 3. The summed E-state index contributed by atoms with van der Waals surface area (Å²) < 4.78 is 27.6. The van der Waals surface area contributed by atoms with Gasteiger partial charge in [-0.1, -0.05) is 24.3 Å². The highest BCUT2D eigenvalue weighted by molar-refractivity contribution is 7.89. The zero-order valence-corrected chi connectivity index (χ0v) is 18.8. The fourth-order valence-electron chi connectivity index (χ4n) is 3.08. The van der Waals surface area contributed by atoms with Crippen molar-refractivity contribution in [2.45, 2.75) is 44.8 Å². The van der Waals surface area contributed by atoms with Gasteiger partial charge in [-0.05, 0) is 50.1 Å². The highest BCUT2D eigenvalue weighted by Crippen LogP contribution is 2.17. The van der Waals surface area contributed by atoms with Gasteiger partial charge in [0.2, 0.25) is 15.9 Å². The van der Waals surface area contributed by atoms with E-state index in [1.165, 1.54) is 27.3 Å². The number of para-hydroxylation sites is 1. The quantitative estimate of drug-likeness (QED) is 0.603. The molecule has 8 nitrogen and oxygen atoms in total. The van der Waals surface area contributed by atoms with Crippen LogP contribution in [0.25, 0.3) is 10.9 Å². The van der Waals surface area contributed by atoms with Crippen molar-refractivity contribution in [3.05, 3.63) is 70.3 Å². The smallest absolute Gasteiger partial charge is 0.261 e. The third-order valence-electron chi connectivity index (χ3n) is 5.19. The van der Waals surface area contributed by atoms with Crippen LogP contribution in [0.15, 0.2) is 58.5 Å². The Morgan fingerprint density at radius 2 is 1.84 bits per heavy atom. The van der Waals surface area contributed by atoms with E-state index in [9.17, 15) is 18.0 Å². The normalized spacial score (nSPS) is 11.9. The molecule has 164 valence electrons. The Labute approximate surface area is 181 Å². The van der Waals surface area contributed by atoms with Gasteiger partial charge in [0.25, 0.3) is 5.56 Å². The summed E-state index contributed by atoms with van der Waals surface area (Å²) >= 11 is 0. The van der Waals surface area contributed by atoms with Crippen molar-refractivity contribution in [3.63, 3.8) is 0 Å². The average molecular weight is 443 g/mol. The fraction of sp³-hybridized carbons (Fsp3) is 0.318. The van der Waals surface area contributed by atoms with Gasteiger partial charge in [0.05, 0.1) is 22.1 Å². The molecule has 2 aromatic carbocycles. The van der Waals surface area contributed by atoms with Crippen LogP contribution in [-0.4, -0.2) is 41.3 Å². The summed E-state index contributed by atoms with van der Waals surface area (Å²) in [4.78, 5) is 29.4. The Morgan fingerprint density at radius 1 is 1.16 bits per heavy atom. The summed E-state index contributed by atoms with van der Waals surface area (Å²) in [5.41, 5.74) is 2.00. The summed E-state index contributed by atoms with van der Waals surface area (Å²) in [6.07, 6.45) is 1.38. The Morgan fingerprint density at radius 3 is 2.48 bits per heavy atom. The van der Waals surface area contributed by atoms with Gasteiger partial charge in [-0.3, -0.25) is 14.2 Å². The summed E-state index contributed by atoms with van der Waals surface area (Å²) in [5.74, 6) is -0.341. The second kappa shape index (κ2) is 8.99. The topological polar surface area (TPSA) is 101 Å². The molecule has 0 spiro atoms. The number of aromatic nitrogens is 2. The number of carbonyl (C=O) groups excluding carboxylic acids is 1. The van der Waals surface area contributed by atoms with Crippen LogP contribution in [0.5, 0.6) is 0 Å². The molecule has 1 N–H and O–H groups in total. The predicted molar refractivity (Wildman–Crippen MR) is 119 cm³/mol. The highest BCUT2D eigenvalue weighted by Gasteiger charge is 2.22. The second-order valence-corrected chi connectivity index (χ2v) is 9.68. The van der Waals surface area contributed by atoms with Crippen molar-refractivity contribution in [3.8, 4) is 0 Å².